The normalized spacial score (nSPS) is 11.5. The van der Waals surface area contributed by atoms with Crippen molar-refractivity contribution in [3.05, 3.63) is 68.9 Å². The van der Waals surface area contributed by atoms with Gasteiger partial charge >= 0.3 is 5.69 Å². The Morgan fingerprint density at radius 3 is 2.84 bits per heavy atom. The fourth-order valence-electron chi connectivity index (χ4n) is 2.67. The monoisotopic (exact) mass is 408 g/mol. The predicted molar refractivity (Wildman–Crippen MR) is 95.9 cm³/mol. The smallest absolute Gasteiger partial charge is 0.350 e. The van der Waals surface area contributed by atoms with Crippen LogP contribution in [0.3, 0.4) is 0 Å². The molecule has 0 saturated heterocycles. The van der Waals surface area contributed by atoms with E-state index in [0.29, 0.717) is 37.4 Å². The zero-order valence-corrected chi connectivity index (χ0v) is 15.1. The highest BCUT2D eigenvalue weighted by molar-refractivity contribution is 9.10. The van der Waals surface area contributed by atoms with Crippen molar-refractivity contribution in [1.82, 2.24) is 19.1 Å². The van der Waals surface area contributed by atoms with Crippen LogP contribution in [-0.2, 0) is 13.1 Å². The summed E-state index contributed by atoms with van der Waals surface area (Å²) in [6.07, 6.45) is 1.67. The second-order valence-corrected chi connectivity index (χ2v) is 6.59. The molecule has 0 amide bonds. The number of rotatable bonds is 7. The third-order valence-electron chi connectivity index (χ3n) is 3.93. The largest absolute Gasteiger partial charge is 0.395 e. The molecular weight excluding hydrogens is 391 g/mol. The van der Waals surface area contributed by atoms with Crippen molar-refractivity contribution in [2.75, 3.05) is 19.7 Å². The van der Waals surface area contributed by atoms with Crippen molar-refractivity contribution in [1.29, 1.82) is 0 Å². The van der Waals surface area contributed by atoms with Gasteiger partial charge in [-0.2, -0.15) is 0 Å². The number of pyridine rings is 1. The summed E-state index contributed by atoms with van der Waals surface area (Å²) in [7, 11) is 0. The van der Waals surface area contributed by atoms with E-state index in [9.17, 15) is 14.3 Å². The molecule has 0 spiro atoms. The van der Waals surface area contributed by atoms with Gasteiger partial charge in [-0.05, 0) is 30.3 Å². The quantitative estimate of drug-likeness (QED) is 0.648. The first-order valence-electron chi connectivity index (χ1n) is 7.90. The van der Waals surface area contributed by atoms with Crippen LogP contribution in [0.15, 0.2) is 51.9 Å². The average molecular weight is 409 g/mol. The summed E-state index contributed by atoms with van der Waals surface area (Å²) in [4.78, 5) is 14.2. The average Bonchev–Trinajstić information content (AvgIpc) is 2.92. The van der Waals surface area contributed by atoms with Crippen LogP contribution in [0.1, 0.15) is 5.56 Å². The Hall–Kier alpha value is -2.03. The molecule has 6 nitrogen and oxygen atoms in total. The Morgan fingerprint density at radius 1 is 1.24 bits per heavy atom. The third-order valence-corrected chi connectivity index (χ3v) is 4.43. The zero-order chi connectivity index (χ0) is 17.8. The third kappa shape index (κ3) is 4.15. The lowest BCUT2D eigenvalue weighted by Crippen LogP contribution is -2.33. The fraction of sp³-hybridized carbons (Fsp3) is 0.294. The summed E-state index contributed by atoms with van der Waals surface area (Å²) < 4.78 is 17.6. The second kappa shape index (κ2) is 7.90. The number of fused-ring (bicyclic) bond motifs is 1. The van der Waals surface area contributed by atoms with Gasteiger partial charge in [0.2, 0.25) is 0 Å². The van der Waals surface area contributed by atoms with Gasteiger partial charge in [0.1, 0.15) is 5.82 Å². The minimum absolute atomic E-state index is 0.0459. The van der Waals surface area contributed by atoms with Gasteiger partial charge in [-0.1, -0.05) is 22.0 Å². The van der Waals surface area contributed by atoms with E-state index >= 15 is 0 Å². The molecule has 0 aliphatic heterocycles. The van der Waals surface area contributed by atoms with E-state index < -0.39 is 0 Å². The molecule has 132 valence electrons. The topological polar surface area (TPSA) is 62.8 Å². The Morgan fingerprint density at radius 2 is 2.08 bits per heavy atom. The van der Waals surface area contributed by atoms with Gasteiger partial charge in [-0.15, -0.1) is 5.10 Å². The molecule has 1 N–H and O–H groups in total. The minimum atomic E-state index is -0.295. The molecule has 0 atom stereocenters. The summed E-state index contributed by atoms with van der Waals surface area (Å²) in [6.45, 7) is 1.50. The zero-order valence-electron chi connectivity index (χ0n) is 13.5. The summed E-state index contributed by atoms with van der Waals surface area (Å²) in [5.74, 6) is -0.295. The first kappa shape index (κ1) is 17.8. The van der Waals surface area contributed by atoms with Crippen LogP contribution in [0.5, 0.6) is 0 Å². The molecule has 2 aromatic heterocycles. The van der Waals surface area contributed by atoms with E-state index in [0.717, 1.165) is 4.47 Å². The summed E-state index contributed by atoms with van der Waals surface area (Å²) in [5.41, 5.74) is 0.901. The highest BCUT2D eigenvalue weighted by atomic mass is 79.9. The second-order valence-electron chi connectivity index (χ2n) is 5.67. The van der Waals surface area contributed by atoms with Crippen LogP contribution in [0.25, 0.3) is 5.65 Å². The lowest BCUT2D eigenvalue weighted by Gasteiger charge is -2.21. The number of aliphatic hydroxyl groups excluding tert-OH is 1. The lowest BCUT2D eigenvalue weighted by molar-refractivity contribution is 0.181. The number of aliphatic hydroxyl groups is 1. The molecule has 2 heterocycles. The van der Waals surface area contributed by atoms with Gasteiger partial charge < -0.3 is 5.11 Å². The SMILES string of the molecule is O=c1n(CCN(CCO)Cc2cc(Br)ccc2F)nc2ccccn12. The van der Waals surface area contributed by atoms with Crippen molar-refractivity contribution >= 4 is 21.6 Å². The highest BCUT2D eigenvalue weighted by Crippen LogP contribution is 2.17. The number of nitrogens with zero attached hydrogens (tertiary/aromatic N) is 4. The minimum Gasteiger partial charge on any atom is -0.395 e. The van der Waals surface area contributed by atoms with Crippen LogP contribution >= 0.6 is 15.9 Å². The summed E-state index contributed by atoms with van der Waals surface area (Å²) in [6, 6.07) is 10.1. The molecule has 3 rings (SSSR count). The molecule has 3 aromatic rings. The molecule has 0 saturated carbocycles. The van der Waals surface area contributed by atoms with E-state index in [4.69, 9.17) is 0 Å². The van der Waals surface area contributed by atoms with Crippen molar-refractivity contribution in [3.8, 4) is 0 Å². The van der Waals surface area contributed by atoms with Gasteiger partial charge in [0, 0.05) is 35.9 Å². The first-order chi connectivity index (χ1) is 12.1. The van der Waals surface area contributed by atoms with Crippen LogP contribution in [0.2, 0.25) is 0 Å². The number of hydrogen-bond donors (Lipinski definition) is 1. The maximum atomic E-state index is 14.0. The van der Waals surface area contributed by atoms with Gasteiger partial charge in [0.15, 0.2) is 5.65 Å². The molecule has 0 radical (unpaired) electrons. The Balaban J connectivity index is 1.74. The van der Waals surface area contributed by atoms with Crippen LogP contribution in [0.4, 0.5) is 4.39 Å². The van der Waals surface area contributed by atoms with E-state index in [-0.39, 0.29) is 18.1 Å². The number of aromatic nitrogens is 3. The Bertz CT molecular complexity index is 924. The van der Waals surface area contributed by atoms with Crippen LogP contribution < -0.4 is 5.69 Å². The summed E-state index contributed by atoms with van der Waals surface area (Å²) in [5, 5.41) is 13.6. The lowest BCUT2D eigenvalue weighted by atomic mass is 10.2. The standard InChI is InChI=1S/C17H18BrFN4O2/c18-14-4-5-15(19)13(11-14)12-21(9-10-24)7-8-23-17(25)22-6-2-1-3-16(22)20-23/h1-6,11,24H,7-10,12H2. The molecule has 8 heteroatoms. The molecule has 0 unspecified atom stereocenters. The van der Waals surface area contributed by atoms with Crippen molar-refractivity contribution in [3.63, 3.8) is 0 Å². The molecule has 0 aliphatic rings. The van der Waals surface area contributed by atoms with E-state index in [1.54, 1.807) is 30.5 Å². The number of hydrogen-bond acceptors (Lipinski definition) is 4. The predicted octanol–water partition coefficient (Wildman–Crippen LogP) is 1.89. The molecule has 0 bridgehead atoms. The van der Waals surface area contributed by atoms with Crippen molar-refractivity contribution < 1.29 is 9.50 Å². The Kier molecular flexibility index (Phi) is 5.62. The van der Waals surface area contributed by atoms with Gasteiger partial charge in [0.05, 0.1) is 13.2 Å². The van der Waals surface area contributed by atoms with E-state index in [1.807, 2.05) is 11.0 Å². The van der Waals surface area contributed by atoms with Crippen molar-refractivity contribution in [2.24, 2.45) is 0 Å². The van der Waals surface area contributed by atoms with E-state index in [1.165, 1.54) is 15.1 Å². The first-order valence-corrected chi connectivity index (χ1v) is 8.69. The van der Waals surface area contributed by atoms with Crippen molar-refractivity contribution in [2.45, 2.75) is 13.1 Å². The van der Waals surface area contributed by atoms with Gasteiger partial charge in [-0.25, -0.2) is 13.9 Å². The van der Waals surface area contributed by atoms with Crippen LogP contribution in [-0.4, -0.2) is 43.9 Å². The van der Waals surface area contributed by atoms with E-state index in [2.05, 4.69) is 21.0 Å². The molecule has 25 heavy (non-hydrogen) atoms. The molecular formula is C17H18BrFN4O2. The molecule has 0 aliphatic carbocycles. The maximum Gasteiger partial charge on any atom is 0.350 e. The maximum absolute atomic E-state index is 14.0. The van der Waals surface area contributed by atoms with Crippen LogP contribution in [0, 0.1) is 5.82 Å². The number of benzene rings is 1. The van der Waals surface area contributed by atoms with Gasteiger partial charge in [0.25, 0.3) is 0 Å². The summed E-state index contributed by atoms with van der Waals surface area (Å²) >= 11 is 3.34. The Labute approximate surface area is 152 Å². The fourth-order valence-corrected chi connectivity index (χ4v) is 3.08. The number of halogens is 2. The van der Waals surface area contributed by atoms with Gasteiger partial charge in [-0.3, -0.25) is 9.30 Å². The molecule has 1 aromatic carbocycles. The molecule has 0 fully saturated rings. The highest BCUT2D eigenvalue weighted by Gasteiger charge is 2.12.